The third-order valence-electron chi connectivity index (χ3n) is 9.38. The number of benzene rings is 1. The van der Waals surface area contributed by atoms with E-state index in [0.29, 0.717) is 51.9 Å². The van der Waals surface area contributed by atoms with Crippen molar-refractivity contribution in [2.45, 2.75) is 45.3 Å². The summed E-state index contributed by atoms with van der Waals surface area (Å²) in [5.41, 5.74) is 1.64. The molecular weight excluding hydrogens is 600 g/mol. The van der Waals surface area contributed by atoms with Gasteiger partial charge < -0.3 is 14.4 Å². The van der Waals surface area contributed by atoms with E-state index in [2.05, 4.69) is 6.58 Å². The maximum Gasteiger partial charge on any atom is 0.246 e. The molecule has 3 aromatic heterocycles. The minimum atomic E-state index is -0.813. The van der Waals surface area contributed by atoms with Crippen molar-refractivity contribution in [3.05, 3.63) is 59.6 Å². The molecule has 3 saturated carbocycles. The fourth-order valence-corrected chi connectivity index (χ4v) is 7.91. The van der Waals surface area contributed by atoms with Gasteiger partial charge in [0.05, 0.1) is 36.4 Å². The Bertz CT molecular complexity index is 1850. The van der Waals surface area contributed by atoms with Gasteiger partial charge in [0.25, 0.3) is 0 Å². The lowest BCUT2D eigenvalue weighted by Crippen LogP contribution is -2.60. The number of carbonyl (C=O) groups is 2. The zero-order valence-electron chi connectivity index (χ0n) is 25.3. The molecule has 45 heavy (non-hydrogen) atoms. The van der Waals surface area contributed by atoms with Crippen LogP contribution in [0.1, 0.15) is 31.9 Å². The number of nitrogens with zero attached hydrogens (tertiary/aromatic N) is 5. The van der Waals surface area contributed by atoms with E-state index < -0.39 is 11.6 Å². The molecule has 2 bridgehead atoms. The molecule has 234 valence electrons. The largest absolute Gasteiger partial charge is 0.490 e. The van der Waals surface area contributed by atoms with E-state index in [4.69, 9.17) is 19.6 Å². The number of rotatable bonds is 9. The van der Waals surface area contributed by atoms with Gasteiger partial charge in [0.1, 0.15) is 41.2 Å². The maximum absolute atomic E-state index is 16.0. The normalized spacial score (nSPS) is 21.6. The van der Waals surface area contributed by atoms with Crippen LogP contribution in [0, 0.1) is 23.0 Å². The predicted molar refractivity (Wildman–Crippen MR) is 167 cm³/mol. The molecule has 1 aliphatic heterocycles. The molecule has 1 aromatic carbocycles. The van der Waals surface area contributed by atoms with Crippen LogP contribution in [0.2, 0.25) is 0 Å². The highest BCUT2D eigenvalue weighted by Crippen LogP contribution is 2.65. The quantitative estimate of drug-likeness (QED) is 0.171. The fourth-order valence-electron chi connectivity index (χ4n) is 6.96. The van der Waals surface area contributed by atoms with Gasteiger partial charge in [-0.05, 0) is 55.7 Å². The number of amides is 2. The molecule has 3 aliphatic carbocycles. The van der Waals surface area contributed by atoms with E-state index in [1.807, 2.05) is 29.1 Å². The van der Waals surface area contributed by atoms with Crippen molar-refractivity contribution in [1.29, 1.82) is 0 Å². The first kappa shape index (κ1) is 29.5. The van der Waals surface area contributed by atoms with Gasteiger partial charge in [-0.1, -0.05) is 6.58 Å². The highest BCUT2D eigenvalue weighted by Gasteiger charge is 2.62. The maximum atomic E-state index is 16.0. The second-order valence-corrected chi connectivity index (χ2v) is 13.2. The van der Waals surface area contributed by atoms with Crippen molar-refractivity contribution in [3.8, 4) is 28.3 Å². The number of hydrogen-bond donors (Lipinski definition) is 0. The smallest absolute Gasteiger partial charge is 0.246 e. The van der Waals surface area contributed by atoms with Crippen LogP contribution in [0.4, 0.5) is 14.6 Å². The highest BCUT2D eigenvalue weighted by atomic mass is 32.1. The first-order chi connectivity index (χ1) is 21.6. The molecule has 0 saturated heterocycles. The van der Waals surface area contributed by atoms with Gasteiger partial charge in [-0.15, -0.1) is 11.3 Å². The van der Waals surface area contributed by atoms with Crippen LogP contribution in [-0.2, 0) is 27.4 Å². The van der Waals surface area contributed by atoms with Crippen LogP contribution in [0.25, 0.3) is 32.6 Å². The third-order valence-corrected chi connectivity index (χ3v) is 10.3. The van der Waals surface area contributed by atoms with Gasteiger partial charge in [0, 0.05) is 48.0 Å². The molecule has 3 fully saturated rings. The summed E-state index contributed by atoms with van der Waals surface area (Å²) in [4.78, 5) is 34.7. The SMILES string of the molecule is C=CC(=O)N1Cc2cc(-c3nc(N(C)C(=O)C45CC(C4)C5)c4ccsc4c3-c3c(F)cc(F)cc3OCCOC)nn2C[C@H]1C. The molecule has 8 rings (SSSR count). The van der Waals surface area contributed by atoms with Crippen LogP contribution >= 0.6 is 11.3 Å². The Balaban J connectivity index is 1.44. The Morgan fingerprint density at radius 2 is 1.98 bits per heavy atom. The molecule has 0 radical (unpaired) electrons. The molecule has 4 aromatic rings. The van der Waals surface area contributed by atoms with Crippen molar-refractivity contribution >= 4 is 39.1 Å². The average molecular weight is 634 g/mol. The minimum Gasteiger partial charge on any atom is -0.490 e. The number of hydrogen-bond acceptors (Lipinski definition) is 7. The molecule has 0 spiro atoms. The summed E-state index contributed by atoms with van der Waals surface area (Å²) in [6.45, 7) is 6.61. The van der Waals surface area contributed by atoms with Gasteiger partial charge in [-0.3, -0.25) is 19.2 Å². The van der Waals surface area contributed by atoms with Gasteiger partial charge in [-0.2, -0.15) is 5.10 Å². The van der Waals surface area contributed by atoms with Crippen molar-refractivity contribution in [1.82, 2.24) is 19.7 Å². The summed E-state index contributed by atoms with van der Waals surface area (Å²) < 4.78 is 44.0. The molecule has 9 nitrogen and oxygen atoms in total. The van der Waals surface area contributed by atoms with E-state index >= 15 is 4.39 Å². The van der Waals surface area contributed by atoms with Crippen LogP contribution in [0.5, 0.6) is 5.75 Å². The molecule has 4 aliphatic rings. The number of halogens is 2. The summed E-state index contributed by atoms with van der Waals surface area (Å²) in [7, 11) is 3.25. The summed E-state index contributed by atoms with van der Waals surface area (Å²) in [5.74, 6) is -0.666. The van der Waals surface area contributed by atoms with E-state index in [-0.39, 0.29) is 47.8 Å². The lowest BCUT2D eigenvalue weighted by atomic mass is 9.44. The number of aromatic nitrogens is 3. The lowest BCUT2D eigenvalue weighted by Gasteiger charge is -2.60. The predicted octanol–water partition coefficient (Wildman–Crippen LogP) is 5.81. The zero-order valence-corrected chi connectivity index (χ0v) is 26.1. The Morgan fingerprint density at radius 1 is 1.20 bits per heavy atom. The molecule has 12 heteroatoms. The summed E-state index contributed by atoms with van der Waals surface area (Å²) in [6, 6.07) is 5.55. The van der Waals surface area contributed by atoms with Crippen molar-refractivity contribution < 1.29 is 27.8 Å². The topological polar surface area (TPSA) is 89.8 Å². The minimum absolute atomic E-state index is 0.00805. The van der Waals surface area contributed by atoms with Crippen molar-refractivity contribution in [2.75, 3.05) is 32.3 Å². The van der Waals surface area contributed by atoms with Crippen LogP contribution in [0.3, 0.4) is 0 Å². The van der Waals surface area contributed by atoms with E-state index in [9.17, 15) is 14.0 Å². The molecular formula is C33H33F2N5O4S. The lowest BCUT2D eigenvalue weighted by molar-refractivity contribution is -0.161. The molecule has 2 amide bonds. The number of fused-ring (bicyclic) bond motifs is 2. The van der Waals surface area contributed by atoms with Gasteiger partial charge in [-0.25, -0.2) is 13.8 Å². The second-order valence-electron chi connectivity index (χ2n) is 12.3. The molecule has 0 N–H and O–H groups in total. The van der Waals surface area contributed by atoms with Crippen LogP contribution in [0.15, 0.2) is 42.3 Å². The fraction of sp³-hybridized carbons (Fsp3) is 0.394. The Hall–Kier alpha value is -4.16. The Morgan fingerprint density at radius 3 is 2.67 bits per heavy atom. The van der Waals surface area contributed by atoms with Crippen LogP contribution < -0.4 is 9.64 Å². The van der Waals surface area contributed by atoms with Crippen molar-refractivity contribution in [2.24, 2.45) is 11.3 Å². The zero-order chi connectivity index (χ0) is 31.6. The van der Waals surface area contributed by atoms with Crippen LogP contribution in [-0.4, -0.2) is 64.9 Å². The first-order valence-electron chi connectivity index (χ1n) is 14.9. The number of anilines is 1. The standard InChI is InChI=1S/C33H33F2N5O4S/c1-5-26(41)39-17-21-12-24(37-40(21)16-18(39)2)29-28(27-23(35)10-20(34)11-25(27)44-8-7-43-4)30-22(6-9-45-30)31(36-29)38(3)32(42)33-13-19(14-33)15-33/h5-6,9-12,18-19H,1,7-8,13-17H2,2-4H3/t18-,19?,33?/m1/s1. The summed E-state index contributed by atoms with van der Waals surface area (Å²) in [5, 5.41) is 7.43. The molecule has 0 unspecified atom stereocenters. The average Bonchev–Trinajstić information content (AvgIpc) is 3.61. The van der Waals surface area contributed by atoms with E-state index in [0.717, 1.165) is 37.1 Å². The summed E-state index contributed by atoms with van der Waals surface area (Å²) >= 11 is 1.37. The number of carbonyl (C=O) groups excluding carboxylic acids is 2. The Kier molecular flexibility index (Phi) is 7.24. The number of thiophene rings is 1. The van der Waals surface area contributed by atoms with Gasteiger partial charge >= 0.3 is 0 Å². The van der Waals surface area contributed by atoms with E-state index in [1.54, 1.807) is 16.8 Å². The number of ether oxygens (including phenoxy) is 2. The molecule has 4 heterocycles. The number of pyridine rings is 1. The highest BCUT2D eigenvalue weighted by molar-refractivity contribution is 7.18. The Labute approximate surface area is 263 Å². The number of methoxy groups -OCH3 is 1. The van der Waals surface area contributed by atoms with E-state index in [1.165, 1.54) is 24.5 Å². The second kappa shape index (κ2) is 11.0. The first-order valence-corrected chi connectivity index (χ1v) is 15.8. The third kappa shape index (κ3) is 4.73. The van der Waals surface area contributed by atoms with Gasteiger partial charge in [0.15, 0.2) is 0 Å². The summed E-state index contributed by atoms with van der Waals surface area (Å²) in [6.07, 6.45) is 3.97. The monoisotopic (exact) mass is 633 g/mol. The molecule has 1 atom stereocenters. The van der Waals surface area contributed by atoms with Gasteiger partial charge in [0.2, 0.25) is 11.8 Å². The van der Waals surface area contributed by atoms with Crippen molar-refractivity contribution in [3.63, 3.8) is 0 Å².